The third-order valence-electron chi connectivity index (χ3n) is 1.48. The number of carbonyl (C=O) groups is 3. The average Bonchev–Trinajstić information content (AvgIpc) is 2.40. The van der Waals surface area contributed by atoms with Gasteiger partial charge in [0.15, 0.2) is 0 Å². The molecule has 0 aliphatic carbocycles. The highest BCUT2D eigenvalue weighted by atomic mass is 16.4. The van der Waals surface area contributed by atoms with Crippen LogP contribution in [0.2, 0.25) is 0 Å². The number of hydrogen-bond acceptors (Lipinski definition) is 5. The molecule has 5 N–H and O–H groups in total. The Bertz CT molecular complexity index is 349. The van der Waals surface area contributed by atoms with Gasteiger partial charge in [-0.1, -0.05) is 0 Å². The van der Waals surface area contributed by atoms with Gasteiger partial charge in [-0.2, -0.15) is 0 Å². The van der Waals surface area contributed by atoms with Crippen LogP contribution in [0, 0.1) is 0 Å². The van der Waals surface area contributed by atoms with Gasteiger partial charge < -0.3 is 25.5 Å². The van der Waals surface area contributed by atoms with Gasteiger partial charge in [-0.15, -0.1) is 0 Å². The van der Waals surface area contributed by atoms with E-state index in [4.69, 9.17) is 30.3 Å². The molecule has 1 aromatic carbocycles. The Kier molecular flexibility index (Phi) is 12.0. The highest BCUT2D eigenvalue weighted by molar-refractivity contribution is 5.91. The number of hydrogen-bond donors (Lipinski definition) is 5. The van der Waals surface area contributed by atoms with E-state index in [1.165, 1.54) is 24.3 Å². The van der Waals surface area contributed by atoms with E-state index in [0.717, 1.165) is 0 Å². The van der Waals surface area contributed by atoms with Gasteiger partial charge in [0, 0.05) is 0 Å². The van der Waals surface area contributed by atoms with Crippen molar-refractivity contribution in [1.29, 1.82) is 0 Å². The van der Waals surface area contributed by atoms with Crippen LogP contribution >= 0.6 is 0 Å². The van der Waals surface area contributed by atoms with E-state index in [-0.39, 0.29) is 30.8 Å². The highest BCUT2D eigenvalue weighted by Crippen LogP contribution is 2.03. The average molecular weight is 274 g/mol. The number of carboxylic acid groups (broad SMARTS) is 3. The van der Waals surface area contributed by atoms with Crippen LogP contribution in [-0.2, 0) is 4.79 Å². The van der Waals surface area contributed by atoms with Crippen molar-refractivity contribution in [2.75, 3.05) is 13.2 Å². The predicted molar refractivity (Wildman–Crippen MR) is 63.2 cm³/mol. The number of rotatable bonds is 3. The van der Waals surface area contributed by atoms with Gasteiger partial charge in [0.1, 0.15) is 0 Å². The number of benzene rings is 1. The van der Waals surface area contributed by atoms with E-state index in [2.05, 4.69) is 0 Å². The van der Waals surface area contributed by atoms with Crippen molar-refractivity contribution in [2.24, 2.45) is 0 Å². The molecule has 8 heteroatoms. The molecule has 0 saturated heterocycles. The lowest BCUT2D eigenvalue weighted by Crippen LogP contribution is -1.99. The van der Waals surface area contributed by atoms with Crippen molar-refractivity contribution in [3.05, 3.63) is 35.4 Å². The fourth-order valence-corrected chi connectivity index (χ4v) is 0.755. The van der Waals surface area contributed by atoms with Gasteiger partial charge in [0.2, 0.25) is 0 Å². The summed E-state index contributed by atoms with van der Waals surface area (Å²) in [7, 11) is 0. The molecule has 0 atom stereocenters. The van der Waals surface area contributed by atoms with Crippen LogP contribution in [0.3, 0.4) is 0 Å². The van der Waals surface area contributed by atoms with Gasteiger partial charge in [0.05, 0.1) is 24.3 Å². The minimum Gasteiger partial charge on any atom is -0.483 e. The van der Waals surface area contributed by atoms with Gasteiger partial charge in [-0.25, -0.2) is 9.59 Å². The van der Waals surface area contributed by atoms with Crippen LogP contribution in [-0.4, -0.2) is 57.2 Å². The third-order valence-corrected chi connectivity index (χ3v) is 1.48. The van der Waals surface area contributed by atoms with Crippen LogP contribution < -0.4 is 0 Å². The largest absolute Gasteiger partial charge is 0.483 e. The quantitative estimate of drug-likeness (QED) is 0.473. The number of carboxylic acids is 2. The summed E-state index contributed by atoms with van der Waals surface area (Å²) >= 11 is 0. The molecule has 0 saturated carbocycles. The van der Waals surface area contributed by atoms with Crippen LogP contribution in [0.1, 0.15) is 20.7 Å². The lowest BCUT2D eigenvalue weighted by molar-refractivity contribution is -0.122. The molecule has 0 heterocycles. The molecule has 8 nitrogen and oxygen atoms in total. The fourth-order valence-electron chi connectivity index (χ4n) is 0.755. The summed E-state index contributed by atoms with van der Waals surface area (Å²) in [4.78, 5) is 29.0. The maximum absolute atomic E-state index is 10.3. The molecule has 0 aliphatic heterocycles. The number of aromatic carboxylic acids is 2. The zero-order chi connectivity index (χ0) is 15.3. The summed E-state index contributed by atoms with van der Waals surface area (Å²) in [5, 5.41) is 39.1. The summed E-state index contributed by atoms with van der Waals surface area (Å²) in [5.74, 6) is -2.13. The topological polar surface area (TPSA) is 152 Å². The molecule has 0 aliphatic rings. The standard InChI is InChI=1S/C8H6O4.C2H6O2.CH2O2/c9-7(10)5-1-2-6(4-3-5)8(11)12;3-1-2-4;2-1-3/h1-4H,(H,9,10)(H,11,12);3-4H,1-2H2;1H,(H,2,3). The van der Waals surface area contributed by atoms with Crippen molar-refractivity contribution in [2.45, 2.75) is 0 Å². The van der Waals surface area contributed by atoms with Crippen molar-refractivity contribution in [3.8, 4) is 0 Å². The normalized spacial score (nSPS) is 8.11. The smallest absolute Gasteiger partial charge is 0.335 e. The van der Waals surface area contributed by atoms with Gasteiger partial charge in [-0.3, -0.25) is 4.79 Å². The van der Waals surface area contributed by atoms with Gasteiger partial charge >= 0.3 is 11.9 Å². The molecule has 19 heavy (non-hydrogen) atoms. The minimum atomic E-state index is -1.06. The lowest BCUT2D eigenvalue weighted by Gasteiger charge is -1.94. The first-order chi connectivity index (χ1) is 8.94. The molecule has 106 valence electrons. The van der Waals surface area contributed by atoms with E-state index in [0.29, 0.717) is 0 Å². The Labute approximate surface area is 108 Å². The second kappa shape index (κ2) is 12.0. The molecule has 0 spiro atoms. The Hall–Kier alpha value is -2.45. The summed E-state index contributed by atoms with van der Waals surface area (Å²) in [5.41, 5.74) is 0.167. The maximum Gasteiger partial charge on any atom is 0.335 e. The first kappa shape index (κ1) is 18.9. The number of aliphatic hydroxyl groups excluding tert-OH is 2. The van der Waals surface area contributed by atoms with Crippen molar-refractivity contribution in [3.63, 3.8) is 0 Å². The predicted octanol–water partition coefficient (Wildman–Crippen LogP) is -0.245. The minimum absolute atomic E-state index is 0.0833. The fraction of sp³-hybridized carbons (Fsp3) is 0.182. The van der Waals surface area contributed by atoms with Crippen LogP contribution in [0.25, 0.3) is 0 Å². The molecule has 1 aromatic rings. The molecule has 0 bridgehead atoms. The molecule has 0 fully saturated rings. The molecule has 0 unspecified atom stereocenters. The first-order valence-electron chi connectivity index (χ1n) is 4.80. The Balaban J connectivity index is 0. The van der Waals surface area contributed by atoms with Gasteiger partial charge in [-0.05, 0) is 24.3 Å². The summed E-state index contributed by atoms with van der Waals surface area (Å²) < 4.78 is 0. The molecular formula is C11H14O8. The van der Waals surface area contributed by atoms with Crippen molar-refractivity contribution < 1.29 is 39.9 Å². The van der Waals surface area contributed by atoms with E-state index in [9.17, 15) is 9.59 Å². The van der Waals surface area contributed by atoms with Crippen LogP contribution in [0.15, 0.2) is 24.3 Å². The highest BCUT2D eigenvalue weighted by Gasteiger charge is 2.04. The van der Waals surface area contributed by atoms with E-state index in [1.54, 1.807) is 0 Å². The van der Waals surface area contributed by atoms with Crippen LogP contribution in [0.4, 0.5) is 0 Å². The zero-order valence-electron chi connectivity index (χ0n) is 9.76. The molecule has 1 rings (SSSR count). The summed E-state index contributed by atoms with van der Waals surface area (Å²) in [6.07, 6.45) is 0. The number of aliphatic hydroxyl groups is 2. The van der Waals surface area contributed by atoms with E-state index in [1.807, 2.05) is 0 Å². The molecular weight excluding hydrogens is 260 g/mol. The lowest BCUT2D eigenvalue weighted by atomic mass is 10.1. The summed E-state index contributed by atoms with van der Waals surface area (Å²) in [6.45, 7) is -0.500. The first-order valence-corrected chi connectivity index (χ1v) is 4.80. The zero-order valence-corrected chi connectivity index (χ0v) is 9.76. The Morgan fingerprint density at radius 1 is 0.895 bits per heavy atom. The molecule has 0 radical (unpaired) electrons. The second-order valence-corrected chi connectivity index (χ2v) is 2.74. The third kappa shape index (κ3) is 10.4. The Morgan fingerprint density at radius 3 is 1.21 bits per heavy atom. The van der Waals surface area contributed by atoms with Crippen molar-refractivity contribution >= 4 is 18.4 Å². The van der Waals surface area contributed by atoms with Gasteiger partial charge in [0.25, 0.3) is 6.47 Å². The molecule has 0 aromatic heterocycles. The second-order valence-electron chi connectivity index (χ2n) is 2.74. The van der Waals surface area contributed by atoms with Crippen molar-refractivity contribution in [1.82, 2.24) is 0 Å². The monoisotopic (exact) mass is 274 g/mol. The summed E-state index contributed by atoms with van der Waals surface area (Å²) in [6, 6.07) is 5.02. The maximum atomic E-state index is 10.3. The van der Waals surface area contributed by atoms with Crippen LogP contribution in [0.5, 0.6) is 0 Å². The van der Waals surface area contributed by atoms with E-state index < -0.39 is 11.9 Å². The SMILES string of the molecule is O=C(O)c1ccc(C(=O)O)cc1.O=CO.OCCO. The van der Waals surface area contributed by atoms with E-state index >= 15 is 0 Å². The molecule has 0 amide bonds. The Morgan fingerprint density at radius 2 is 1.11 bits per heavy atom.